The molecule has 1 saturated carbocycles. The number of benzene rings is 2. The lowest BCUT2D eigenvalue weighted by atomic mass is 10.0. The Morgan fingerprint density at radius 2 is 1.29 bits per heavy atom. The zero-order chi connectivity index (χ0) is 16.2. The van der Waals surface area contributed by atoms with Gasteiger partial charge in [0.15, 0.2) is 0 Å². The molecule has 0 N–H and O–H groups in total. The summed E-state index contributed by atoms with van der Waals surface area (Å²) in [7, 11) is 0. The van der Waals surface area contributed by atoms with Crippen LogP contribution in [-0.2, 0) is 0 Å². The van der Waals surface area contributed by atoms with Crippen molar-refractivity contribution in [1.29, 1.82) is 0 Å². The smallest absolute Gasteiger partial charge is 0.209 e. The van der Waals surface area contributed by atoms with Gasteiger partial charge in [0.1, 0.15) is 11.4 Å². The second-order valence-electron chi connectivity index (χ2n) is 6.05. The van der Waals surface area contributed by atoms with E-state index < -0.39 is 0 Å². The lowest BCUT2D eigenvalue weighted by Gasteiger charge is -2.11. The minimum Gasteiger partial charge on any atom is -0.219 e. The van der Waals surface area contributed by atoms with E-state index in [2.05, 4.69) is 34.5 Å². The van der Waals surface area contributed by atoms with Gasteiger partial charge in [-0.25, -0.2) is 4.98 Å². The summed E-state index contributed by atoms with van der Waals surface area (Å²) in [4.78, 5) is 4.87. The Kier molecular flexibility index (Phi) is 4.56. The number of aromatic nitrogens is 3. The molecule has 1 aliphatic rings. The molecule has 1 aromatic heterocycles. The molecule has 0 bridgehead atoms. The topological polar surface area (TPSA) is 38.7 Å². The molecule has 0 saturated heterocycles. The Morgan fingerprint density at radius 1 is 0.708 bits per heavy atom. The predicted octanol–water partition coefficient (Wildman–Crippen LogP) is 5.24. The van der Waals surface area contributed by atoms with E-state index in [0.717, 1.165) is 27.7 Å². The fraction of sp³-hybridized carbons (Fsp3) is 0.250. The molecule has 24 heavy (non-hydrogen) atoms. The van der Waals surface area contributed by atoms with Crippen molar-refractivity contribution >= 4 is 11.8 Å². The molecule has 1 aliphatic carbocycles. The van der Waals surface area contributed by atoms with Crippen LogP contribution in [0.3, 0.4) is 0 Å². The van der Waals surface area contributed by atoms with E-state index in [4.69, 9.17) is 4.98 Å². The molecule has 1 fully saturated rings. The van der Waals surface area contributed by atoms with E-state index in [-0.39, 0.29) is 0 Å². The van der Waals surface area contributed by atoms with E-state index in [0.29, 0.717) is 5.25 Å². The monoisotopic (exact) mass is 333 g/mol. The minimum absolute atomic E-state index is 0.637. The van der Waals surface area contributed by atoms with Crippen molar-refractivity contribution in [3.63, 3.8) is 0 Å². The van der Waals surface area contributed by atoms with Gasteiger partial charge in [-0.1, -0.05) is 85.3 Å². The second kappa shape index (κ2) is 7.14. The van der Waals surface area contributed by atoms with E-state index in [1.807, 2.05) is 36.4 Å². The number of hydrogen-bond acceptors (Lipinski definition) is 4. The average molecular weight is 333 g/mol. The van der Waals surface area contributed by atoms with Crippen LogP contribution in [0.2, 0.25) is 0 Å². The highest BCUT2D eigenvalue weighted by molar-refractivity contribution is 7.99. The third-order valence-corrected chi connectivity index (χ3v) is 5.52. The van der Waals surface area contributed by atoms with E-state index in [9.17, 15) is 0 Å². The van der Waals surface area contributed by atoms with Crippen molar-refractivity contribution in [2.75, 3.05) is 0 Å². The lowest BCUT2D eigenvalue weighted by molar-refractivity contribution is 0.831. The molecule has 4 rings (SSSR count). The van der Waals surface area contributed by atoms with Crippen LogP contribution in [0.4, 0.5) is 0 Å². The highest BCUT2D eigenvalue weighted by Gasteiger charge is 2.20. The van der Waals surface area contributed by atoms with E-state index in [1.54, 1.807) is 11.8 Å². The maximum Gasteiger partial charge on any atom is 0.209 e. The minimum atomic E-state index is 0.637. The van der Waals surface area contributed by atoms with Crippen LogP contribution >= 0.6 is 11.8 Å². The molecule has 0 spiro atoms. The van der Waals surface area contributed by atoms with Crippen molar-refractivity contribution in [2.24, 2.45) is 0 Å². The van der Waals surface area contributed by atoms with Gasteiger partial charge in [0.25, 0.3) is 0 Å². The van der Waals surface area contributed by atoms with Crippen molar-refractivity contribution in [1.82, 2.24) is 15.2 Å². The fourth-order valence-electron chi connectivity index (χ4n) is 3.10. The second-order valence-corrected chi connectivity index (χ2v) is 7.32. The van der Waals surface area contributed by atoms with Crippen LogP contribution < -0.4 is 0 Å². The van der Waals surface area contributed by atoms with Gasteiger partial charge >= 0.3 is 0 Å². The summed E-state index contributed by atoms with van der Waals surface area (Å²) in [6.07, 6.45) is 5.15. The number of nitrogens with zero attached hydrogens (tertiary/aromatic N) is 3. The van der Waals surface area contributed by atoms with Crippen LogP contribution in [-0.4, -0.2) is 20.4 Å². The van der Waals surface area contributed by atoms with Crippen LogP contribution in [0.15, 0.2) is 65.8 Å². The molecule has 120 valence electrons. The standard InChI is InChI=1S/C20H19N3S/c1-3-9-15(10-4-1)18-19(16-11-5-2-6-12-16)22-23-20(21-18)24-17-13-7-8-14-17/h1-6,9-12,17H,7-8,13-14H2. The molecule has 0 amide bonds. The van der Waals surface area contributed by atoms with Gasteiger partial charge in [0, 0.05) is 16.4 Å². The number of hydrogen-bond donors (Lipinski definition) is 0. The summed E-state index contributed by atoms with van der Waals surface area (Å²) in [5.41, 5.74) is 3.89. The molecule has 0 radical (unpaired) electrons. The summed E-state index contributed by atoms with van der Waals surface area (Å²) in [6, 6.07) is 20.4. The predicted molar refractivity (Wildman–Crippen MR) is 98.8 cm³/mol. The molecule has 4 heteroatoms. The van der Waals surface area contributed by atoms with Crippen LogP contribution in [0.5, 0.6) is 0 Å². The van der Waals surface area contributed by atoms with Gasteiger partial charge in [0.2, 0.25) is 5.16 Å². The Hall–Kier alpha value is -2.20. The quantitative estimate of drug-likeness (QED) is 0.654. The Bertz CT molecular complexity index is 800. The first-order valence-corrected chi connectivity index (χ1v) is 9.30. The molecular formula is C20H19N3S. The van der Waals surface area contributed by atoms with Gasteiger partial charge in [-0.3, -0.25) is 0 Å². The van der Waals surface area contributed by atoms with Gasteiger partial charge in [-0.2, -0.15) is 0 Å². The summed E-state index contributed by atoms with van der Waals surface area (Å²) >= 11 is 1.78. The first-order chi connectivity index (χ1) is 11.9. The molecule has 3 nitrogen and oxygen atoms in total. The Labute approximate surface area is 146 Å². The number of thioether (sulfide) groups is 1. The zero-order valence-corrected chi connectivity index (χ0v) is 14.2. The lowest BCUT2D eigenvalue weighted by Crippen LogP contribution is -2.02. The highest BCUT2D eigenvalue weighted by Crippen LogP contribution is 2.35. The highest BCUT2D eigenvalue weighted by atomic mass is 32.2. The molecule has 0 atom stereocenters. The van der Waals surface area contributed by atoms with E-state index >= 15 is 0 Å². The molecule has 0 aliphatic heterocycles. The summed E-state index contributed by atoms with van der Waals surface area (Å²) in [5.74, 6) is 0. The van der Waals surface area contributed by atoms with Crippen molar-refractivity contribution < 1.29 is 0 Å². The van der Waals surface area contributed by atoms with E-state index in [1.165, 1.54) is 25.7 Å². The van der Waals surface area contributed by atoms with Crippen LogP contribution in [0.25, 0.3) is 22.5 Å². The van der Waals surface area contributed by atoms with Gasteiger partial charge in [-0.15, -0.1) is 10.2 Å². The molecular weight excluding hydrogens is 314 g/mol. The first kappa shape index (κ1) is 15.3. The molecule has 1 heterocycles. The first-order valence-electron chi connectivity index (χ1n) is 8.42. The van der Waals surface area contributed by atoms with Gasteiger partial charge < -0.3 is 0 Å². The van der Waals surface area contributed by atoms with Gasteiger partial charge in [0.05, 0.1) is 0 Å². The summed E-state index contributed by atoms with van der Waals surface area (Å²) < 4.78 is 0. The summed E-state index contributed by atoms with van der Waals surface area (Å²) in [5, 5.41) is 10.4. The normalized spacial score (nSPS) is 14.8. The molecule has 2 aromatic carbocycles. The van der Waals surface area contributed by atoms with Crippen LogP contribution in [0.1, 0.15) is 25.7 Å². The molecule has 0 unspecified atom stereocenters. The zero-order valence-electron chi connectivity index (χ0n) is 13.4. The van der Waals surface area contributed by atoms with Gasteiger partial charge in [-0.05, 0) is 12.8 Å². The Balaban J connectivity index is 1.76. The maximum absolute atomic E-state index is 4.87. The number of rotatable bonds is 4. The third-order valence-electron chi connectivity index (χ3n) is 4.34. The average Bonchev–Trinajstić information content (AvgIpc) is 3.16. The Morgan fingerprint density at radius 3 is 1.92 bits per heavy atom. The van der Waals surface area contributed by atoms with Crippen molar-refractivity contribution in [3.8, 4) is 22.5 Å². The van der Waals surface area contributed by atoms with Crippen LogP contribution in [0, 0.1) is 0 Å². The van der Waals surface area contributed by atoms with Crippen molar-refractivity contribution in [2.45, 2.75) is 36.1 Å². The van der Waals surface area contributed by atoms with Crippen molar-refractivity contribution in [3.05, 3.63) is 60.7 Å². The largest absolute Gasteiger partial charge is 0.219 e. The summed E-state index contributed by atoms with van der Waals surface area (Å²) in [6.45, 7) is 0. The third kappa shape index (κ3) is 3.34. The fourth-order valence-corrected chi connectivity index (χ4v) is 4.20. The molecule has 3 aromatic rings. The SMILES string of the molecule is c1ccc(-c2nnc(SC3CCCC3)nc2-c2ccccc2)cc1. The maximum atomic E-state index is 4.87.